The van der Waals surface area contributed by atoms with Gasteiger partial charge in [-0.25, -0.2) is 4.79 Å². The summed E-state index contributed by atoms with van der Waals surface area (Å²) in [5, 5.41) is 9.58. The quantitative estimate of drug-likeness (QED) is 0.791. The molecule has 1 rings (SSSR count). The van der Waals surface area contributed by atoms with Crippen LogP contribution in [0, 0.1) is 11.3 Å². The van der Waals surface area contributed by atoms with Crippen molar-refractivity contribution in [2.75, 3.05) is 12.5 Å². The molecule has 0 amide bonds. The van der Waals surface area contributed by atoms with Gasteiger partial charge in [-0.2, -0.15) is 0 Å². The maximum Gasteiger partial charge on any atom is 0.336 e. The SMILES string of the molecule is CC(C)(C)C1CCCCC1(OCCCl)C(=O)O. The van der Waals surface area contributed by atoms with Crippen LogP contribution in [-0.2, 0) is 9.53 Å². The summed E-state index contributed by atoms with van der Waals surface area (Å²) in [6.07, 6.45) is 3.52. The molecule has 1 aliphatic rings. The highest BCUT2D eigenvalue weighted by Gasteiger charge is 2.52. The van der Waals surface area contributed by atoms with E-state index >= 15 is 0 Å². The molecule has 1 aliphatic carbocycles. The van der Waals surface area contributed by atoms with E-state index in [2.05, 4.69) is 20.8 Å². The summed E-state index contributed by atoms with van der Waals surface area (Å²) in [5.41, 5.74) is -1.10. The Morgan fingerprint density at radius 3 is 2.59 bits per heavy atom. The van der Waals surface area contributed by atoms with Gasteiger partial charge in [-0.15, -0.1) is 11.6 Å². The molecule has 0 radical (unpaired) electrons. The first kappa shape index (κ1) is 14.8. The second-order valence-electron chi connectivity index (χ2n) is 5.90. The Balaban J connectivity index is 3.00. The Hall–Kier alpha value is -0.280. The van der Waals surface area contributed by atoms with Gasteiger partial charge in [0.1, 0.15) is 0 Å². The lowest BCUT2D eigenvalue weighted by Gasteiger charge is -2.46. The average molecular weight is 263 g/mol. The van der Waals surface area contributed by atoms with Gasteiger partial charge < -0.3 is 9.84 Å². The topological polar surface area (TPSA) is 46.5 Å². The van der Waals surface area contributed by atoms with E-state index in [1.54, 1.807) is 0 Å². The average Bonchev–Trinajstić information content (AvgIpc) is 2.25. The van der Waals surface area contributed by atoms with Crippen molar-refractivity contribution in [1.82, 2.24) is 0 Å². The van der Waals surface area contributed by atoms with Gasteiger partial charge in [0, 0.05) is 11.8 Å². The second kappa shape index (κ2) is 5.57. The molecule has 0 aromatic heterocycles. The summed E-state index contributed by atoms with van der Waals surface area (Å²) in [7, 11) is 0. The zero-order valence-corrected chi connectivity index (χ0v) is 11.7. The van der Waals surface area contributed by atoms with E-state index in [1.165, 1.54) is 0 Å². The van der Waals surface area contributed by atoms with Crippen LogP contribution in [0.4, 0.5) is 0 Å². The molecule has 2 unspecified atom stereocenters. The van der Waals surface area contributed by atoms with E-state index in [-0.39, 0.29) is 11.3 Å². The number of carboxylic acid groups (broad SMARTS) is 1. The van der Waals surface area contributed by atoms with Gasteiger partial charge in [-0.05, 0) is 24.7 Å². The van der Waals surface area contributed by atoms with Crippen molar-refractivity contribution in [3.8, 4) is 0 Å². The lowest BCUT2D eigenvalue weighted by molar-refractivity contribution is -0.188. The lowest BCUT2D eigenvalue weighted by atomic mass is 9.63. The highest BCUT2D eigenvalue weighted by atomic mass is 35.5. The molecule has 2 atom stereocenters. The number of aliphatic carboxylic acids is 1. The molecule has 17 heavy (non-hydrogen) atoms. The van der Waals surface area contributed by atoms with Crippen LogP contribution in [0.2, 0.25) is 0 Å². The molecule has 0 aromatic rings. The highest BCUT2D eigenvalue weighted by Crippen LogP contribution is 2.46. The van der Waals surface area contributed by atoms with Gasteiger partial charge in [0.2, 0.25) is 0 Å². The highest BCUT2D eigenvalue weighted by molar-refractivity contribution is 6.18. The van der Waals surface area contributed by atoms with E-state index in [4.69, 9.17) is 16.3 Å². The third kappa shape index (κ3) is 3.14. The fraction of sp³-hybridized carbons (Fsp3) is 0.923. The van der Waals surface area contributed by atoms with Gasteiger partial charge in [0.25, 0.3) is 0 Å². The fourth-order valence-corrected chi connectivity index (χ4v) is 3.06. The third-order valence-corrected chi connectivity index (χ3v) is 3.85. The predicted molar refractivity (Wildman–Crippen MR) is 68.5 cm³/mol. The normalized spacial score (nSPS) is 30.2. The monoisotopic (exact) mass is 262 g/mol. The van der Waals surface area contributed by atoms with Crippen LogP contribution >= 0.6 is 11.6 Å². The Labute approximate surface area is 108 Å². The molecule has 3 nitrogen and oxygen atoms in total. The van der Waals surface area contributed by atoms with Gasteiger partial charge in [-0.3, -0.25) is 0 Å². The standard InChI is InChI=1S/C13H23ClO3/c1-12(2,3)10-6-4-5-7-13(10,11(15)16)17-9-8-14/h10H,4-9H2,1-3H3,(H,15,16). The van der Waals surface area contributed by atoms with E-state index in [1.807, 2.05) is 0 Å². The molecule has 100 valence electrons. The van der Waals surface area contributed by atoms with Gasteiger partial charge in [-0.1, -0.05) is 27.2 Å². The minimum absolute atomic E-state index is 0.0458. The molecule has 1 saturated carbocycles. The van der Waals surface area contributed by atoms with Gasteiger partial charge >= 0.3 is 5.97 Å². The van der Waals surface area contributed by atoms with Crippen LogP contribution in [0.15, 0.2) is 0 Å². The van der Waals surface area contributed by atoms with E-state index in [0.29, 0.717) is 18.9 Å². The van der Waals surface area contributed by atoms with E-state index < -0.39 is 11.6 Å². The zero-order valence-electron chi connectivity index (χ0n) is 11.0. The molecule has 0 spiro atoms. The second-order valence-corrected chi connectivity index (χ2v) is 6.27. The van der Waals surface area contributed by atoms with Gasteiger partial charge in [0.15, 0.2) is 5.60 Å². The number of rotatable bonds is 4. The first-order valence-corrected chi connectivity index (χ1v) is 6.81. The molecular formula is C13H23ClO3. The summed E-state index contributed by atoms with van der Waals surface area (Å²) < 4.78 is 5.69. The molecule has 4 heteroatoms. The molecule has 0 aliphatic heterocycles. The molecular weight excluding hydrogens is 240 g/mol. The summed E-state index contributed by atoms with van der Waals surface area (Å²) in [4.78, 5) is 11.7. The minimum atomic E-state index is -1.04. The van der Waals surface area contributed by atoms with Crippen LogP contribution in [0.3, 0.4) is 0 Å². The van der Waals surface area contributed by atoms with Crippen LogP contribution in [0.5, 0.6) is 0 Å². The van der Waals surface area contributed by atoms with Crippen LogP contribution < -0.4 is 0 Å². The Morgan fingerprint density at radius 2 is 2.12 bits per heavy atom. The van der Waals surface area contributed by atoms with Crippen LogP contribution in [0.25, 0.3) is 0 Å². The van der Waals surface area contributed by atoms with Crippen molar-refractivity contribution in [2.24, 2.45) is 11.3 Å². The minimum Gasteiger partial charge on any atom is -0.479 e. The maximum absolute atomic E-state index is 11.7. The van der Waals surface area contributed by atoms with Gasteiger partial charge in [0.05, 0.1) is 6.61 Å². The number of alkyl halides is 1. The summed E-state index contributed by atoms with van der Waals surface area (Å²) in [5.74, 6) is -0.446. The predicted octanol–water partition coefficient (Wildman–Crippen LogP) is 3.30. The van der Waals surface area contributed by atoms with Crippen LogP contribution in [0.1, 0.15) is 46.5 Å². The first-order chi connectivity index (χ1) is 7.84. The molecule has 1 N–H and O–H groups in total. The number of hydrogen-bond donors (Lipinski definition) is 1. The van der Waals surface area contributed by atoms with Crippen LogP contribution in [-0.4, -0.2) is 29.2 Å². The maximum atomic E-state index is 11.7. The smallest absolute Gasteiger partial charge is 0.336 e. The van der Waals surface area contributed by atoms with Crippen molar-refractivity contribution in [3.63, 3.8) is 0 Å². The number of halogens is 1. The number of ether oxygens (including phenoxy) is 1. The number of carboxylic acids is 1. The van der Waals surface area contributed by atoms with E-state index in [0.717, 1.165) is 19.3 Å². The number of carbonyl (C=O) groups is 1. The first-order valence-electron chi connectivity index (χ1n) is 6.28. The largest absolute Gasteiger partial charge is 0.479 e. The Bertz CT molecular complexity index is 272. The molecule has 0 aromatic carbocycles. The number of hydrogen-bond acceptors (Lipinski definition) is 2. The van der Waals surface area contributed by atoms with Crippen molar-refractivity contribution < 1.29 is 14.6 Å². The summed E-state index contributed by atoms with van der Waals surface area (Å²) in [6.45, 7) is 6.57. The summed E-state index contributed by atoms with van der Waals surface area (Å²) in [6, 6.07) is 0. The molecule has 0 bridgehead atoms. The Morgan fingerprint density at radius 1 is 1.47 bits per heavy atom. The third-order valence-electron chi connectivity index (χ3n) is 3.70. The van der Waals surface area contributed by atoms with E-state index in [9.17, 15) is 9.90 Å². The summed E-state index contributed by atoms with van der Waals surface area (Å²) >= 11 is 5.63. The lowest BCUT2D eigenvalue weighted by Crippen LogP contribution is -2.54. The zero-order chi connectivity index (χ0) is 13.1. The van der Waals surface area contributed by atoms with Crippen molar-refractivity contribution in [1.29, 1.82) is 0 Å². The van der Waals surface area contributed by atoms with Crippen molar-refractivity contribution in [2.45, 2.75) is 52.1 Å². The molecule has 0 heterocycles. The molecule has 0 saturated heterocycles. The Kier molecular flexibility index (Phi) is 4.85. The fourth-order valence-electron chi connectivity index (χ4n) is 2.99. The van der Waals surface area contributed by atoms with Crippen molar-refractivity contribution >= 4 is 17.6 Å². The molecule has 1 fully saturated rings. The van der Waals surface area contributed by atoms with Crippen molar-refractivity contribution in [3.05, 3.63) is 0 Å².